The van der Waals surface area contributed by atoms with Gasteiger partial charge in [-0.15, -0.1) is 24.0 Å². The van der Waals surface area contributed by atoms with E-state index < -0.39 is 0 Å². The van der Waals surface area contributed by atoms with Gasteiger partial charge in [-0.2, -0.15) is 0 Å². The summed E-state index contributed by atoms with van der Waals surface area (Å²) in [6.45, 7) is 8.56. The normalized spacial score (nSPS) is 19.5. The van der Waals surface area contributed by atoms with Gasteiger partial charge in [-0.25, -0.2) is 0 Å². The number of nitrogens with zero attached hydrogens (tertiary/aromatic N) is 2. The van der Waals surface area contributed by atoms with Crippen LogP contribution in [0.2, 0.25) is 0 Å². The summed E-state index contributed by atoms with van der Waals surface area (Å²) in [5, 5.41) is 9.61. The van der Waals surface area contributed by atoms with E-state index in [1.165, 1.54) is 18.5 Å². The molecule has 6 nitrogen and oxygen atoms in total. The number of halogens is 1. The van der Waals surface area contributed by atoms with Crippen molar-refractivity contribution >= 4 is 35.8 Å². The Bertz CT molecular complexity index is 635. The number of nitrogens with one attached hydrogen (secondary N) is 3. The van der Waals surface area contributed by atoms with E-state index >= 15 is 0 Å². The molecule has 7 heteroatoms. The average Bonchev–Trinajstić information content (AvgIpc) is 3.48. The van der Waals surface area contributed by atoms with Crippen LogP contribution < -0.4 is 16.0 Å². The van der Waals surface area contributed by atoms with Crippen molar-refractivity contribution in [2.75, 3.05) is 45.8 Å². The summed E-state index contributed by atoms with van der Waals surface area (Å²) in [6, 6.07) is 10.7. The van der Waals surface area contributed by atoms with Gasteiger partial charge >= 0.3 is 0 Å². The lowest BCUT2D eigenvalue weighted by Gasteiger charge is -2.16. The van der Waals surface area contributed by atoms with E-state index in [4.69, 9.17) is 4.99 Å². The first kappa shape index (κ1) is 23.9. The number of amides is 1. The Morgan fingerprint density at radius 1 is 1.10 bits per heavy atom. The molecule has 1 aliphatic carbocycles. The van der Waals surface area contributed by atoms with Gasteiger partial charge in [-0.1, -0.05) is 30.3 Å². The predicted molar refractivity (Wildman–Crippen MR) is 130 cm³/mol. The Hall–Kier alpha value is -1.35. The first-order valence-electron chi connectivity index (χ1n) is 10.8. The standard InChI is InChI=1S/C22H35N5O.HI/c1-2-23-22(25-13-12-24-21(28)20-8-9-20)26-16-19-11-15-27(17-19)14-10-18-6-4-3-5-7-18;/h3-7,19-20H,2,8-17H2,1H3,(H,24,28)(H2,23,25,26);1H. The van der Waals surface area contributed by atoms with Gasteiger partial charge in [-0.05, 0) is 50.6 Å². The van der Waals surface area contributed by atoms with E-state index in [-0.39, 0.29) is 35.8 Å². The molecule has 1 atom stereocenters. The van der Waals surface area contributed by atoms with E-state index in [1.54, 1.807) is 0 Å². The SMILES string of the molecule is CCNC(=NCC1CCN(CCc2ccccc2)C1)NCCNC(=O)C1CC1.I. The van der Waals surface area contributed by atoms with Crippen LogP contribution in [-0.4, -0.2) is 62.6 Å². The topological polar surface area (TPSA) is 68.8 Å². The van der Waals surface area contributed by atoms with Crippen LogP contribution in [-0.2, 0) is 11.2 Å². The molecular weight excluding hydrogens is 477 g/mol. The van der Waals surface area contributed by atoms with Gasteiger partial charge < -0.3 is 20.9 Å². The van der Waals surface area contributed by atoms with Gasteiger partial charge in [0.1, 0.15) is 0 Å². The molecule has 1 aromatic rings. The van der Waals surface area contributed by atoms with Crippen molar-refractivity contribution < 1.29 is 4.79 Å². The van der Waals surface area contributed by atoms with Crippen LogP contribution in [0.5, 0.6) is 0 Å². The number of carbonyl (C=O) groups is 1. The number of guanidine groups is 1. The van der Waals surface area contributed by atoms with Gasteiger partial charge in [-0.3, -0.25) is 9.79 Å². The van der Waals surface area contributed by atoms with Gasteiger partial charge in [0.15, 0.2) is 5.96 Å². The van der Waals surface area contributed by atoms with Crippen molar-refractivity contribution in [1.29, 1.82) is 0 Å². The van der Waals surface area contributed by atoms with Crippen LogP contribution in [0.15, 0.2) is 35.3 Å². The molecule has 1 aliphatic heterocycles. The minimum absolute atomic E-state index is 0. The zero-order valence-corrected chi connectivity index (χ0v) is 19.9. The molecule has 2 aliphatic rings. The summed E-state index contributed by atoms with van der Waals surface area (Å²) in [7, 11) is 0. The highest BCUT2D eigenvalue weighted by Crippen LogP contribution is 2.28. The first-order valence-corrected chi connectivity index (χ1v) is 10.8. The second-order valence-electron chi connectivity index (χ2n) is 7.90. The number of aliphatic imine (C=N–C) groups is 1. The fourth-order valence-corrected chi connectivity index (χ4v) is 3.62. The zero-order valence-electron chi connectivity index (χ0n) is 17.5. The predicted octanol–water partition coefficient (Wildman–Crippen LogP) is 2.25. The van der Waals surface area contributed by atoms with Crippen LogP contribution >= 0.6 is 24.0 Å². The highest BCUT2D eigenvalue weighted by molar-refractivity contribution is 14.0. The lowest BCUT2D eigenvalue weighted by Crippen LogP contribution is -2.42. The largest absolute Gasteiger partial charge is 0.357 e. The molecule has 1 amide bonds. The Kier molecular flexibility index (Phi) is 10.8. The maximum absolute atomic E-state index is 11.7. The van der Waals surface area contributed by atoms with Crippen LogP contribution in [0, 0.1) is 11.8 Å². The van der Waals surface area contributed by atoms with Crippen molar-refractivity contribution in [2.45, 2.75) is 32.6 Å². The second-order valence-corrected chi connectivity index (χ2v) is 7.90. The maximum atomic E-state index is 11.7. The van der Waals surface area contributed by atoms with Gasteiger partial charge in [0, 0.05) is 45.2 Å². The second kappa shape index (κ2) is 13.1. The summed E-state index contributed by atoms with van der Waals surface area (Å²) in [5.41, 5.74) is 1.41. The fraction of sp³-hybridized carbons (Fsp3) is 0.636. The molecule has 2 fully saturated rings. The molecule has 1 saturated heterocycles. The molecular formula is C22H36IN5O. The summed E-state index contributed by atoms with van der Waals surface area (Å²) >= 11 is 0. The summed E-state index contributed by atoms with van der Waals surface area (Å²) in [4.78, 5) is 19.0. The Morgan fingerprint density at radius 3 is 2.59 bits per heavy atom. The molecule has 1 unspecified atom stereocenters. The number of likely N-dealkylation sites (tertiary alicyclic amines) is 1. The van der Waals surface area contributed by atoms with Crippen LogP contribution in [0.3, 0.4) is 0 Å². The Labute approximate surface area is 192 Å². The lowest BCUT2D eigenvalue weighted by molar-refractivity contribution is -0.122. The van der Waals surface area contributed by atoms with Gasteiger partial charge in [0.25, 0.3) is 0 Å². The van der Waals surface area contributed by atoms with Crippen LogP contribution in [0.1, 0.15) is 31.7 Å². The smallest absolute Gasteiger partial charge is 0.223 e. The number of benzene rings is 1. The number of carbonyl (C=O) groups excluding carboxylic acids is 1. The van der Waals surface area contributed by atoms with Crippen molar-refractivity contribution in [1.82, 2.24) is 20.9 Å². The molecule has 0 aromatic heterocycles. The molecule has 29 heavy (non-hydrogen) atoms. The zero-order chi connectivity index (χ0) is 19.6. The fourth-order valence-electron chi connectivity index (χ4n) is 3.62. The Balaban J connectivity index is 0.00000300. The molecule has 3 N–H and O–H groups in total. The number of hydrogen-bond donors (Lipinski definition) is 3. The molecule has 1 heterocycles. The third-order valence-electron chi connectivity index (χ3n) is 5.45. The van der Waals surface area contributed by atoms with E-state index in [9.17, 15) is 4.79 Å². The number of rotatable bonds is 10. The quantitative estimate of drug-likeness (QED) is 0.194. The molecule has 162 valence electrons. The van der Waals surface area contributed by atoms with Gasteiger partial charge in [0.05, 0.1) is 0 Å². The molecule has 1 saturated carbocycles. The van der Waals surface area contributed by atoms with Crippen molar-refractivity contribution in [3.63, 3.8) is 0 Å². The molecule has 0 spiro atoms. The van der Waals surface area contributed by atoms with Crippen LogP contribution in [0.25, 0.3) is 0 Å². The first-order chi connectivity index (χ1) is 13.7. The average molecular weight is 513 g/mol. The highest BCUT2D eigenvalue weighted by Gasteiger charge is 2.29. The van der Waals surface area contributed by atoms with Crippen molar-refractivity contribution in [3.8, 4) is 0 Å². The summed E-state index contributed by atoms with van der Waals surface area (Å²) < 4.78 is 0. The van der Waals surface area contributed by atoms with Crippen molar-refractivity contribution in [2.24, 2.45) is 16.8 Å². The van der Waals surface area contributed by atoms with Gasteiger partial charge in [0.2, 0.25) is 5.91 Å². The maximum Gasteiger partial charge on any atom is 0.223 e. The molecule has 3 rings (SSSR count). The summed E-state index contributed by atoms with van der Waals surface area (Å²) in [6.07, 6.45) is 4.43. The van der Waals surface area contributed by atoms with Crippen molar-refractivity contribution in [3.05, 3.63) is 35.9 Å². The van der Waals surface area contributed by atoms with E-state index in [0.717, 1.165) is 51.4 Å². The highest BCUT2D eigenvalue weighted by atomic mass is 127. The van der Waals surface area contributed by atoms with E-state index in [0.29, 0.717) is 19.0 Å². The van der Waals surface area contributed by atoms with Crippen LogP contribution in [0.4, 0.5) is 0 Å². The minimum Gasteiger partial charge on any atom is -0.357 e. The third kappa shape index (κ3) is 8.90. The van der Waals surface area contributed by atoms with E-state index in [1.807, 2.05) is 0 Å². The molecule has 0 bridgehead atoms. The minimum atomic E-state index is 0. The third-order valence-corrected chi connectivity index (χ3v) is 5.45. The number of hydrogen-bond acceptors (Lipinski definition) is 3. The molecule has 1 aromatic carbocycles. The summed E-state index contributed by atoms with van der Waals surface area (Å²) in [5.74, 6) is 1.95. The monoisotopic (exact) mass is 513 g/mol. The molecule has 0 radical (unpaired) electrons. The Morgan fingerprint density at radius 2 is 1.86 bits per heavy atom. The lowest BCUT2D eigenvalue weighted by atomic mass is 10.1. The van der Waals surface area contributed by atoms with E-state index in [2.05, 4.69) is 58.1 Å².